The molecule has 0 aliphatic heterocycles. The molecule has 0 unspecified atom stereocenters. The molecular weight excluding hydrogens is 456 g/mol. The number of aryl methyl sites for hydroxylation is 2. The van der Waals surface area contributed by atoms with E-state index in [1.807, 2.05) is 18.2 Å². The average molecular weight is 481 g/mol. The summed E-state index contributed by atoms with van der Waals surface area (Å²) in [5.74, 6) is 0.755. The van der Waals surface area contributed by atoms with E-state index in [-0.39, 0.29) is 11.8 Å². The molecule has 0 atom stereocenters. The van der Waals surface area contributed by atoms with E-state index < -0.39 is 0 Å². The number of nitrogens with one attached hydrogen (secondary N) is 1. The number of rotatable bonds is 5. The van der Waals surface area contributed by atoms with Crippen LogP contribution in [0.15, 0.2) is 65.7 Å². The molecule has 0 saturated heterocycles. The van der Waals surface area contributed by atoms with Crippen LogP contribution in [0.5, 0.6) is 0 Å². The maximum Gasteiger partial charge on any atom is 0.251 e. The first kappa shape index (κ1) is 21.6. The highest BCUT2D eigenvalue weighted by Crippen LogP contribution is 2.31. The molecule has 6 rings (SSSR count). The number of carbonyl (C=O) groups excluding carboxylic acids is 1. The third-order valence-corrected chi connectivity index (χ3v) is 7.60. The van der Waals surface area contributed by atoms with Crippen molar-refractivity contribution in [3.05, 3.63) is 82.2 Å². The highest BCUT2D eigenvalue weighted by Gasteiger charge is 2.29. The highest BCUT2D eigenvalue weighted by molar-refractivity contribution is 7.16. The fourth-order valence-corrected chi connectivity index (χ4v) is 5.38. The van der Waals surface area contributed by atoms with Gasteiger partial charge in [0.2, 0.25) is 0 Å². The van der Waals surface area contributed by atoms with E-state index in [1.54, 1.807) is 11.3 Å². The van der Waals surface area contributed by atoms with Crippen molar-refractivity contribution >= 4 is 27.5 Å². The van der Waals surface area contributed by atoms with Crippen LogP contribution in [0.1, 0.15) is 29.5 Å². The number of aromatic nitrogens is 5. The van der Waals surface area contributed by atoms with Gasteiger partial charge in [-0.2, -0.15) is 4.99 Å². The summed E-state index contributed by atoms with van der Waals surface area (Å²) in [5, 5.41) is 14.4. The van der Waals surface area contributed by atoms with Gasteiger partial charge in [-0.15, -0.1) is 5.10 Å². The molecule has 1 amide bonds. The van der Waals surface area contributed by atoms with Gasteiger partial charge >= 0.3 is 0 Å². The summed E-state index contributed by atoms with van der Waals surface area (Å²) in [6.45, 7) is 4.89. The quantitative estimate of drug-likeness (QED) is 0.381. The minimum absolute atomic E-state index is 0.00705. The Bertz CT molecular complexity index is 1610. The lowest BCUT2D eigenvalue weighted by Crippen LogP contribution is -2.18. The molecule has 174 valence electrons. The normalized spacial score (nSPS) is 14.1. The van der Waals surface area contributed by atoms with Crippen molar-refractivity contribution in [1.29, 1.82) is 0 Å². The van der Waals surface area contributed by atoms with Crippen molar-refractivity contribution in [1.82, 2.24) is 25.2 Å². The van der Waals surface area contributed by atoms with Gasteiger partial charge in [0.25, 0.3) is 5.91 Å². The van der Waals surface area contributed by atoms with Crippen molar-refractivity contribution in [3.8, 4) is 22.5 Å². The molecule has 0 bridgehead atoms. The molecule has 1 saturated carbocycles. The third kappa shape index (κ3) is 4.21. The zero-order valence-electron chi connectivity index (χ0n) is 19.5. The number of carbonyl (C=O) groups is 1. The Balaban J connectivity index is 1.38. The number of benzene rings is 3. The number of hydrogen-bond acceptors (Lipinski definition) is 5. The zero-order chi connectivity index (χ0) is 23.9. The van der Waals surface area contributed by atoms with Crippen molar-refractivity contribution < 1.29 is 4.79 Å². The Hall–Kier alpha value is -3.91. The van der Waals surface area contributed by atoms with Gasteiger partial charge in [-0.3, -0.25) is 4.79 Å². The van der Waals surface area contributed by atoms with Crippen LogP contribution in [0.2, 0.25) is 0 Å². The van der Waals surface area contributed by atoms with Crippen LogP contribution in [0.4, 0.5) is 0 Å². The van der Waals surface area contributed by atoms with E-state index in [0.29, 0.717) is 12.4 Å². The number of H-pyrrole nitrogens is 1. The van der Waals surface area contributed by atoms with E-state index in [0.717, 1.165) is 50.1 Å². The van der Waals surface area contributed by atoms with Crippen LogP contribution < -0.4 is 4.80 Å². The molecule has 0 spiro atoms. The summed E-state index contributed by atoms with van der Waals surface area (Å²) in [6.07, 6.45) is 1.91. The molecule has 3 aromatic carbocycles. The molecule has 0 radical (unpaired) electrons. The van der Waals surface area contributed by atoms with Gasteiger partial charge in [-0.25, -0.2) is 5.10 Å². The van der Waals surface area contributed by atoms with E-state index in [2.05, 4.69) is 86.5 Å². The van der Waals surface area contributed by atoms with Crippen LogP contribution in [0.3, 0.4) is 0 Å². The third-order valence-electron chi connectivity index (χ3n) is 6.56. The Morgan fingerprint density at radius 1 is 1.06 bits per heavy atom. The monoisotopic (exact) mass is 480 g/mol. The summed E-state index contributed by atoms with van der Waals surface area (Å²) in [6, 6.07) is 21.0. The molecule has 2 heterocycles. The number of hydrogen-bond donors (Lipinski definition) is 1. The van der Waals surface area contributed by atoms with Crippen molar-refractivity contribution in [2.75, 3.05) is 0 Å². The van der Waals surface area contributed by atoms with Crippen LogP contribution in [-0.2, 0) is 11.3 Å². The highest BCUT2D eigenvalue weighted by atomic mass is 32.1. The molecule has 2 aromatic heterocycles. The van der Waals surface area contributed by atoms with E-state index in [1.165, 1.54) is 11.1 Å². The lowest BCUT2D eigenvalue weighted by atomic mass is 9.98. The Labute approximate surface area is 206 Å². The fourth-order valence-electron chi connectivity index (χ4n) is 4.26. The number of aromatic amines is 1. The number of tetrazole rings is 1. The second-order valence-electron chi connectivity index (χ2n) is 9.09. The van der Waals surface area contributed by atoms with Crippen LogP contribution >= 0.6 is 11.3 Å². The maximum absolute atomic E-state index is 12.5. The van der Waals surface area contributed by atoms with Gasteiger partial charge in [0.15, 0.2) is 10.6 Å². The van der Waals surface area contributed by atoms with Gasteiger partial charge in [-0.05, 0) is 77.1 Å². The molecule has 8 heteroatoms. The summed E-state index contributed by atoms with van der Waals surface area (Å²) < 4.78 is 3.33. The standard InChI is InChI=1S/C27H24N6OS/c1-16-13-23-24(14-17(16)2)35-27(28-26(34)20-11-12-20)33(23)15-18-7-9-19(10-8-18)21-5-3-4-6-22(21)25-29-31-32-30-25/h3-10,13-14,20H,11-12,15H2,1-2H3,(H,29,30,31,32)/b28-27-. The van der Waals surface area contributed by atoms with E-state index in [4.69, 9.17) is 0 Å². The lowest BCUT2D eigenvalue weighted by molar-refractivity contribution is -0.119. The van der Waals surface area contributed by atoms with E-state index in [9.17, 15) is 4.79 Å². The maximum atomic E-state index is 12.5. The molecule has 5 aromatic rings. The van der Waals surface area contributed by atoms with Gasteiger partial charge in [0, 0.05) is 11.5 Å². The largest absolute Gasteiger partial charge is 0.312 e. The van der Waals surface area contributed by atoms with E-state index >= 15 is 0 Å². The first-order chi connectivity index (χ1) is 17.1. The van der Waals surface area contributed by atoms with Crippen LogP contribution in [-0.4, -0.2) is 31.1 Å². The van der Waals surface area contributed by atoms with Gasteiger partial charge < -0.3 is 4.57 Å². The van der Waals surface area contributed by atoms with Crippen molar-refractivity contribution in [3.63, 3.8) is 0 Å². The Morgan fingerprint density at radius 3 is 2.51 bits per heavy atom. The number of fused-ring (bicyclic) bond motifs is 1. The molecule has 35 heavy (non-hydrogen) atoms. The zero-order valence-corrected chi connectivity index (χ0v) is 20.3. The second kappa shape index (κ2) is 8.70. The molecule has 1 aliphatic rings. The van der Waals surface area contributed by atoms with Crippen LogP contribution in [0.25, 0.3) is 32.7 Å². The predicted molar refractivity (Wildman–Crippen MR) is 137 cm³/mol. The first-order valence-electron chi connectivity index (χ1n) is 11.7. The topological polar surface area (TPSA) is 88.8 Å². The predicted octanol–water partition coefficient (Wildman–Crippen LogP) is 5.05. The van der Waals surface area contributed by atoms with Crippen LogP contribution in [0, 0.1) is 19.8 Å². The van der Waals surface area contributed by atoms with Gasteiger partial charge in [-0.1, -0.05) is 59.9 Å². The SMILES string of the molecule is Cc1cc2s/c(=N\C(=O)C3CC3)n(Cc3ccc(-c4ccccc4-c4nnn[nH]4)cc3)c2cc1C. The van der Waals surface area contributed by atoms with Gasteiger partial charge in [0.1, 0.15) is 0 Å². The molecule has 1 N–H and O–H groups in total. The minimum atomic E-state index is 0.00705. The van der Waals surface area contributed by atoms with Gasteiger partial charge in [0.05, 0.1) is 16.8 Å². The summed E-state index contributed by atoms with van der Waals surface area (Å²) in [4.78, 5) is 17.8. The summed E-state index contributed by atoms with van der Waals surface area (Å²) in [7, 11) is 0. The first-order valence-corrected chi connectivity index (χ1v) is 12.5. The molecule has 7 nitrogen and oxygen atoms in total. The smallest absolute Gasteiger partial charge is 0.251 e. The molecule has 1 fully saturated rings. The fraction of sp³-hybridized carbons (Fsp3) is 0.222. The second-order valence-corrected chi connectivity index (χ2v) is 10.1. The number of amides is 1. The number of thiazole rings is 1. The lowest BCUT2D eigenvalue weighted by Gasteiger charge is -2.10. The number of nitrogens with zero attached hydrogens (tertiary/aromatic N) is 5. The van der Waals surface area contributed by atoms with Crippen molar-refractivity contribution in [2.45, 2.75) is 33.2 Å². The molecular formula is C27H24N6OS. The summed E-state index contributed by atoms with van der Waals surface area (Å²) >= 11 is 1.59. The average Bonchev–Trinajstić information content (AvgIpc) is 3.50. The van der Waals surface area contributed by atoms with Crippen molar-refractivity contribution in [2.24, 2.45) is 10.9 Å². The minimum Gasteiger partial charge on any atom is -0.312 e. The molecule has 1 aliphatic carbocycles. The Morgan fingerprint density at radius 2 is 1.80 bits per heavy atom. The Kier molecular flexibility index (Phi) is 5.37. The summed E-state index contributed by atoms with van der Waals surface area (Å²) in [5.41, 5.74) is 7.84.